The van der Waals surface area contributed by atoms with Gasteiger partial charge in [-0.15, -0.1) is 0 Å². The Hall–Kier alpha value is -2.17. The summed E-state index contributed by atoms with van der Waals surface area (Å²) in [7, 11) is 0. The van der Waals surface area contributed by atoms with Crippen LogP contribution in [0.15, 0.2) is 18.3 Å². The van der Waals surface area contributed by atoms with E-state index in [1.807, 2.05) is 13.1 Å². The highest BCUT2D eigenvalue weighted by Crippen LogP contribution is 2.25. The van der Waals surface area contributed by atoms with Gasteiger partial charge in [-0.25, -0.2) is 4.98 Å². The van der Waals surface area contributed by atoms with Gasteiger partial charge in [0.05, 0.1) is 12.2 Å². The van der Waals surface area contributed by atoms with E-state index >= 15 is 0 Å². The van der Waals surface area contributed by atoms with Gasteiger partial charge in [0.2, 0.25) is 5.95 Å². The lowest BCUT2D eigenvalue weighted by Crippen LogP contribution is -2.24. The van der Waals surface area contributed by atoms with E-state index in [-0.39, 0.29) is 5.41 Å². The van der Waals surface area contributed by atoms with Gasteiger partial charge >= 0.3 is 0 Å². The number of anilines is 2. The first-order valence-electron chi connectivity index (χ1n) is 10.1. The highest BCUT2D eigenvalue weighted by Gasteiger charge is 2.17. The minimum atomic E-state index is 0.117. The highest BCUT2D eigenvalue weighted by molar-refractivity contribution is 5.50. The van der Waals surface area contributed by atoms with Crippen molar-refractivity contribution in [1.82, 2.24) is 15.0 Å². The topological polar surface area (TPSA) is 62.7 Å². The standard InChI is InChI=1S/C22H33N5/c1-15-16(2)25-21(27-20(15)26-18-9-7-6-8-10-18)24-14-19-13-17(11-12-23-19)22(3,4)5/h11-13,18H,6-10,14H2,1-5H3,(H2,24,25,26,27). The first-order chi connectivity index (χ1) is 12.8. The lowest BCUT2D eigenvalue weighted by Gasteiger charge is -2.24. The molecule has 1 saturated carbocycles. The number of hydrogen-bond acceptors (Lipinski definition) is 5. The van der Waals surface area contributed by atoms with Crippen molar-refractivity contribution in [2.75, 3.05) is 10.6 Å². The van der Waals surface area contributed by atoms with Gasteiger partial charge in [0.25, 0.3) is 0 Å². The van der Waals surface area contributed by atoms with Crippen molar-refractivity contribution in [1.29, 1.82) is 0 Å². The Morgan fingerprint density at radius 3 is 2.52 bits per heavy atom. The molecule has 2 aromatic heterocycles. The van der Waals surface area contributed by atoms with Gasteiger partial charge in [-0.1, -0.05) is 40.0 Å². The third kappa shape index (κ3) is 5.18. The summed E-state index contributed by atoms with van der Waals surface area (Å²) >= 11 is 0. The number of hydrogen-bond donors (Lipinski definition) is 2. The maximum absolute atomic E-state index is 4.75. The number of nitrogens with one attached hydrogen (secondary N) is 2. The first-order valence-corrected chi connectivity index (χ1v) is 10.1. The summed E-state index contributed by atoms with van der Waals surface area (Å²) < 4.78 is 0. The largest absolute Gasteiger partial charge is 0.367 e. The molecule has 0 bridgehead atoms. The van der Waals surface area contributed by atoms with Gasteiger partial charge in [-0.2, -0.15) is 4.98 Å². The molecule has 2 aromatic rings. The summed E-state index contributed by atoms with van der Waals surface area (Å²) in [5.74, 6) is 1.63. The fourth-order valence-electron chi connectivity index (χ4n) is 3.50. The van der Waals surface area contributed by atoms with Crippen molar-refractivity contribution < 1.29 is 0 Å². The van der Waals surface area contributed by atoms with E-state index in [0.29, 0.717) is 18.5 Å². The number of rotatable bonds is 5. The predicted molar refractivity (Wildman–Crippen MR) is 112 cm³/mol. The van der Waals surface area contributed by atoms with Crippen LogP contribution in [0.4, 0.5) is 11.8 Å². The van der Waals surface area contributed by atoms with Gasteiger partial charge in [0.15, 0.2) is 0 Å². The average Bonchev–Trinajstić information content (AvgIpc) is 2.64. The highest BCUT2D eigenvalue weighted by atomic mass is 15.2. The van der Waals surface area contributed by atoms with Crippen molar-refractivity contribution in [2.24, 2.45) is 0 Å². The van der Waals surface area contributed by atoms with Crippen molar-refractivity contribution in [2.45, 2.75) is 84.7 Å². The second-order valence-electron chi connectivity index (χ2n) is 8.72. The fourth-order valence-corrected chi connectivity index (χ4v) is 3.50. The molecule has 146 valence electrons. The first kappa shape index (κ1) is 19.6. The van der Waals surface area contributed by atoms with Crippen LogP contribution in [0.2, 0.25) is 0 Å². The Morgan fingerprint density at radius 1 is 1.07 bits per heavy atom. The fraction of sp³-hybridized carbons (Fsp3) is 0.591. The molecule has 2 N–H and O–H groups in total. The Balaban J connectivity index is 1.71. The molecule has 0 radical (unpaired) electrons. The van der Waals surface area contributed by atoms with Gasteiger partial charge in [0.1, 0.15) is 5.82 Å². The Bertz CT molecular complexity index is 773. The molecule has 5 nitrogen and oxygen atoms in total. The molecule has 0 spiro atoms. The van der Waals surface area contributed by atoms with E-state index in [1.54, 1.807) is 0 Å². The van der Waals surface area contributed by atoms with Crippen LogP contribution < -0.4 is 10.6 Å². The van der Waals surface area contributed by atoms with Crippen LogP contribution in [-0.4, -0.2) is 21.0 Å². The second-order valence-corrected chi connectivity index (χ2v) is 8.72. The van der Waals surface area contributed by atoms with Crippen LogP contribution >= 0.6 is 0 Å². The molecule has 0 aliphatic heterocycles. The summed E-state index contributed by atoms with van der Waals surface area (Å²) in [6.45, 7) is 11.4. The predicted octanol–water partition coefficient (Wildman–Crippen LogP) is 5.14. The van der Waals surface area contributed by atoms with Crippen LogP contribution in [0.5, 0.6) is 0 Å². The van der Waals surface area contributed by atoms with Crippen molar-refractivity contribution in [3.05, 3.63) is 40.8 Å². The summed E-state index contributed by atoms with van der Waals surface area (Å²) in [4.78, 5) is 13.9. The van der Waals surface area contributed by atoms with Crippen LogP contribution in [0, 0.1) is 13.8 Å². The van der Waals surface area contributed by atoms with Gasteiger partial charge in [-0.3, -0.25) is 4.98 Å². The molecular weight excluding hydrogens is 334 g/mol. The lowest BCUT2D eigenvalue weighted by atomic mass is 9.87. The zero-order valence-corrected chi connectivity index (χ0v) is 17.4. The smallest absolute Gasteiger partial charge is 0.225 e. The average molecular weight is 368 g/mol. The van der Waals surface area contributed by atoms with E-state index in [2.05, 4.69) is 60.4 Å². The molecule has 27 heavy (non-hydrogen) atoms. The maximum atomic E-state index is 4.75. The number of aromatic nitrogens is 3. The Kier molecular flexibility index (Phi) is 5.98. The number of nitrogens with zero attached hydrogens (tertiary/aromatic N) is 3. The van der Waals surface area contributed by atoms with E-state index in [1.165, 1.54) is 37.7 Å². The molecule has 1 aliphatic carbocycles. The third-order valence-electron chi connectivity index (χ3n) is 5.45. The molecule has 0 aromatic carbocycles. The van der Waals surface area contributed by atoms with Crippen LogP contribution in [0.1, 0.15) is 75.4 Å². The molecule has 5 heteroatoms. The molecule has 0 unspecified atom stereocenters. The van der Waals surface area contributed by atoms with Gasteiger partial charge in [0, 0.05) is 23.5 Å². The van der Waals surface area contributed by atoms with E-state index in [9.17, 15) is 0 Å². The molecule has 3 rings (SSSR count). The summed E-state index contributed by atoms with van der Waals surface area (Å²) in [5.41, 5.74) is 4.56. The molecule has 0 saturated heterocycles. The Morgan fingerprint density at radius 2 is 1.81 bits per heavy atom. The molecule has 1 fully saturated rings. The van der Waals surface area contributed by atoms with Gasteiger partial charge in [-0.05, 0) is 49.8 Å². The Labute approximate surface area is 163 Å². The van der Waals surface area contributed by atoms with Crippen LogP contribution in [0.25, 0.3) is 0 Å². The third-order valence-corrected chi connectivity index (χ3v) is 5.45. The number of aryl methyl sites for hydroxylation is 1. The minimum absolute atomic E-state index is 0.117. The monoisotopic (exact) mass is 367 g/mol. The maximum Gasteiger partial charge on any atom is 0.225 e. The van der Waals surface area contributed by atoms with Crippen molar-refractivity contribution in [3.63, 3.8) is 0 Å². The van der Waals surface area contributed by atoms with Crippen LogP contribution in [-0.2, 0) is 12.0 Å². The van der Waals surface area contributed by atoms with Crippen molar-refractivity contribution >= 4 is 11.8 Å². The van der Waals surface area contributed by atoms with Crippen molar-refractivity contribution in [3.8, 4) is 0 Å². The quantitative estimate of drug-likeness (QED) is 0.766. The summed E-state index contributed by atoms with van der Waals surface area (Å²) in [6, 6.07) is 4.78. The summed E-state index contributed by atoms with van der Waals surface area (Å²) in [6.07, 6.45) is 8.31. The van der Waals surface area contributed by atoms with E-state index in [0.717, 1.165) is 22.8 Å². The molecule has 2 heterocycles. The van der Waals surface area contributed by atoms with E-state index in [4.69, 9.17) is 4.98 Å². The van der Waals surface area contributed by atoms with E-state index < -0.39 is 0 Å². The second kappa shape index (κ2) is 8.24. The number of pyridine rings is 1. The zero-order valence-electron chi connectivity index (χ0n) is 17.4. The molecular formula is C22H33N5. The minimum Gasteiger partial charge on any atom is -0.367 e. The van der Waals surface area contributed by atoms with Crippen LogP contribution in [0.3, 0.4) is 0 Å². The van der Waals surface area contributed by atoms with Gasteiger partial charge < -0.3 is 10.6 Å². The lowest BCUT2D eigenvalue weighted by molar-refractivity contribution is 0.461. The summed E-state index contributed by atoms with van der Waals surface area (Å²) in [5, 5.41) is 7.01. The molecule has 0 atom stereocenters. The zero-order chi connectivity index (χ0) is 19.4. The normalized spacial score (nSPS) is 15.6. The molecule has 1 aliphatic rings. The SMILES string of the molecule is Cc1nc(NCc2cc(C(C)(C)C)ccn2)nc(NC2CCCCC2)c1C. The molecule has 0 amide bonds.